The molecule has 2 aromatic heterocycles. The molecule has 1 aliphatic heterocycles. The highest BCUT2D eigenvalue weighted by molar-refractivity contribution is 5.37. The van der Waals surface area contributed by atoms with E-state index in [1.807, 2.05) is 4.90 Å². The number of aromatic nitrogens is 4. The summed E-state index contributed by atoms with van der Waals surface area (Å²) >= 11 is 0. The van der Waals surface area contributed by atoms with Crippen LogP contribution in [0.3, 0.4) is 0 Å². The Hall–Kier alpha value is -2.22. The predicted molar refractivity (Wildman–Crippen MR) is 68.3 cm³/mol. The van der Waals surface area contributed by atoms with Crippen LogP contribution in [0.2, 0.25) is 0 Å². The number of aliphatic hydroxyl groups excluding tert-OH is 1. The van der Waals surface area contributed by atoms with Crippen molar-refractivity contribution in [3.05, 3.63) is 24.0 Å². The van der Waals surface area contributed by atoms with Crippen molar-refractivity contribution in [1.29, 1.82) is 0 Å². The summed E-state index contributed by atoms with van der Waals surface area (Å²) in [6.07, 6.45) is 1.63. The molecule has 0 spiro atoms. The molecule has 106 valence electrons. The van der Waals surface area contributed by atoms with E-state index in [2.05, 4.69) is 20.1 Å². The zero-order chi connectivity index (χ0) is 14.1. The van der Waals surface area contributed by atoms with Gasteiger partial charge in [0, 0.05) is 25.2 Å². The predicted octanol–water partition coefficient (Wildman–Crippen LogP) is 0.489. The maximum atomic E-state index is 9.91. The number of nitrogens with zero attached hydrogens (tertiary/aromatic N) is 5. The Kier molecular flexibility index (Phi) is 3.23. The van der Waals surface area contributed by atoms with Crippen LogP contribution in [-0.4, -0.2) is 45.0 Å². The third kappa shape index (κ3) is 2.29. The first-order chi connectivity index (χ1) is 9.67. The Morgan fingerprint density at radius 3 is 3.00 bits per heavy atom. The van der Waals surface area contributed by atoms with Crippen molar-refractivity contribution in [2.75, 3.05) is 18.6 Å². The first-order valence-corrected chi connectivity index (χ1v) is 6.29. The topological polar surface area (TPSA) is 97.4 Å². The molecular formula is C12H15N5O3. The van der Waals surface area contributed by atoms with E-state index in [4.69, 9.17) is 9.26 Å². The average Bonchev–Trinajstić information content (AvgIpc) is 3.05. The second kappa shape index (κ2) is 5.04. The summed E-state index contributed by atoms with van der Waals surface area (Å²) in [5, 5.41) is 13.7. The van der Waals surface area contributed by atoms with Crippen LogP contribution in [0.15, 0.2) is 16.8 Å². The van der Waals surface area contributed by atoms with Gasteiger partial charge in [-0.3, -0.25) is 0 Å². The van der Waals surface area contributed by atoms with Gasteiger partial charge >= 0.3 is 0 Å². The van der Waals surface area contributed by atoms with E-state index >= 15 is 0 Å². The summed E-state index contributed by atoms with van der Waals surface area (Å²) in [5.41, 5.74) is 0. The average molecular weight is 277 g/mol. The first kappa shape index (κ1) is 12.8. The number of hydrogen-bond acceptors (Lipinski definition) is 8. The van der Waals surface area contributed by atoms with Gasteiger partial charge < -0.3 is 19.3 Å². The smallest absolute Gasteiger partial charge is 0.249 e. The maximum absolute atomic E-state index is 9.91. The van der Waals surface area contributed by atoms with Crippen LogP contribution in [0.4, 0.5) is 5.95 Å². The molecule has 0 bridgehead atoms. The van der Waals surface area contributed by atoms with Gasteiger partial charge in [-0.05, 0) is 6.92 Å². The zero-order valence-corrected chi connectivity index (χ0v) is 11.2. The van der Waals surface area contributed by atoms with Crippen LogP contribution in [0.1, 0.15) is 24.2 Å². The number of hydrogen-bond donors (Lipinski definition) is 1. The largest absolute Gasteiger partial charge is 0.481 e. The Balaban J connectivity index is 1.93. The number of methoxy groups -OCH3 is 1. The third-order valence-corrected chi connectivity index (χ3v) is 3.19. The Morgan fingerprint density at radius 1 is 1.45 bits per heavy atom. The fourth-order valence-corrected chi connectivity index (χ4v) is 2.30. The lowest BCUT2D eigenvalue weighted by Crippen LogP contribution is -2.26. The molecule has 1 saturated heterocycles. The molecule has 0 aliphatic carbocycles. The zero-order valence-electron chi connectivity index (χ0n) is 11.2. The molecule has 8 nitrogen and oxygen atoms in total. The van der Waals surface area contributed by atoms with Gasteiger partial charge in [0.25, 0.3) is 0 Å². The molecule has 3 heterocycles. The summed E-state index contributed by atoms with van der Waals surface area (Å²) in [6, 6.07) is 1.44. The SMILES string of the molecule is COc1ccnc(N2C[C@@H](O)C[C@@H]2c2nc(C)no2)n1. The molecule has 3 rings (SSSR count). The van der Waals surface area contributed by atoms with E-state index < -0.39 is 6.10 Å². The molecule has 1 aliphatic rings. The molecule has 1 fully saturated rings. The Morgan fingerprint density at radius 2 is 2.30 bits per heavy atom. The van der Waals surface area contributed by atoms with E-state index in [0.29, 0.717) is 36.5 Å². The van der Waals surface area contributed by atoms with Gasteiger partial charge in [0.2, 0.25) is 17.7 Å². The minimum absolute atomic E-state index is 0.224. The normalized spacial score (nSPS) is 22.2. The van der Waals surface area contributed by atoms with Crippen LogP contribution < -0.4 is 9.64 Å². The van der Waals surface area contributed by atoms with Crippen molar-refractivity contribution in [3.63, 3.8) is 0 Å². The van der Waals surface area contributed by atoms with Crippen LogP contribution in [0.25, 0.3) is 0 Å². The number of rotatable bonds is 3. The highest BCUT2D eigenvalue weighted by Crippen LogP contribution is 2.34. The number of ether oxygens (including phenoxy) is 1. The van der Waals surface area contributed by atoms with E-state index in [-0.39, 0.29) is 6.04 Å². The van der Waals surface area contributed by atoms with Gasteiger partial charge in [0.15, 0.2) is 5.82 Å². The van der Waals surface area contributed by atoms with Gasteiger partial charge in [-0.2, -0.15) is 9.97 Å². The third-order valence-electron chi connectivity index (χ3n) is 3.19. The van der Waals surface area contributed by atoms with Gasteiger partial charge in [0.05, 0.1) is 13.2 Å². The van der Waals surface area contributed by atoms with Gasteiger partial charge in [0.1, 0.15) is 6.04 Å². The molecule has 0 saturated carbocycles. The number of β-amino-alcohol motifs (C(OH)–C–C–N with tert-alkyl or cyclic N) is 1. The van der Waals surface area contributed by atoms with Crippen LogP contribution in [0.5, 0.6) is 5.88 Å². The van der Waals surface area contributed by atoms with Crippen LogP contribution >= 0.6 is 0 Å². The lowest BCUT2D eigenvalue weighted by molar-refractivity contribution is 0.191. The number of aliphatic hydroxyl groups is 1. The minimum atomic E-state index is -0.484. The van der Waals surface area contributed by atoms with Crippen molar-refractivity contribution < 1.29 is 14.4 Å². The Bertz CT molecular complexity index is 602. The summed E-state index contributed by atoms with van der Waals surface area (Å²) in [7, 11) is 1.55. The summed E-state index contributed by atoms with van der Waals surface area (Å²) < 4.78 is 10.3. The van der Waals surface area contributed by atoms with Crippen molar-refractivity contribution >= 4 is 5.95 Å². The van der Waals surface area contributed by atoms with Crippen molar-refractivity contribution in [2.45, 2.75) is 25.5 Å². The standard InChI is InChI=1S/C12H15N5O3/c1-7-14-11(20-16-7)9-5-8(18)6-17(9)12-13-4-3-10(15-12)19-2/h3-4,8-9,18H,5-6H2,1-2H3/t8-,9+/m0/s1. The second-order valence-corrected chi connectivity index (χ2v) is 4.64. The van der Waals surface area contributed by atoms with Crippen molar-refractivity contribution in [1.82, 2.24) is 20.1 Å². The second-order valence-electron chi connectivity index (χ2n) is 4.64. The van der Waals surface area contributed by atoms with Crippen molar-refractivity contribution in [2.24, 2.45) is 0 Å². The van der Waals surface area contributed by atoms with Crippen LogP contribution in [-0.2, 0) is 0 Å². The minimum Gasteiger partial charge on any atom is -0.481 e. The number of anilines is 1. The summed E-state index contributed by atoms with van der Waals surface area (Å²) in [4.78, 5) is 14.6. The summed E-state index contributed by atoms with van der Waals surface area (Å²) in [5.74, 6) is 1.97. The fourth-order valence-electron chi connectivity index (χ4n) is 2.30. The molecule has 20 heavy (non-hydrogen) atoms. The Labute approximate surface area is 115 Å². The monoisotopic (exact) mass is 277 g/mol. The van der Waals surface area contributed by atoms with E-state index in [0.717, 1.165) is 0 Å². The lowest BCUT2D eigenvalue weighted by Gasteiger charge is -2.21. The van der Waals surface area contributed by atoms with Gasteiger partial charge in [-0.25, -0.2) is 4.98 Å². The molecule has 0 unspecified atom stereocenters. The highest BCUT2D eigenvalue weighted by Gasteiger charge is 2.37. The molecule has 0 radical (unpaired) electrons. The molecule has 0 amide bonds. The fraction of sp³-hybridized carbons (Fsp3) is 0.500. The number of aryl methyl sites for hydroxylation is 1. The molecule has 1 N–H and O–H groups in total. The lowest BCUT2D eigenvalue weighted by atomic mass is 10.2. The molecule has 8 heteroatoms. The van der Waals surface area contributed by atoms with E-state index in [1.165, 1.54) is 0 Å². The first-order valence-electron chi connectivity index (χ1n) is 6.29. The van der Waals surface area contributed by atoms with E-state index in [9.17, 15) is 5.11 Å². The van der Waals surface area contributed by atoms with Crippen molar-refractivity contribution in [3.8, 4) is 5.88 Å². The van der Waals surface area contributed by atoms with Gasteiger partial charge in [-0.15, -0.1) is 0 Å². The van der Waals surface area contributed by atoms with E-state index in [1.54, 1.807) is 26.3 Å². The summed E-state index contributed by atoms with van der Waals surface area (Å²) in [6.45, 7) is 2.17. The maximum Gasteiger partial charge on any atom is 0.249 e. The quantitative estimate of drug-likeness (QED) is 0.865. The highest BCUT2D eigenvalue weighted by atomic mass is 16.5. The molecule has 2 atom stereocenters. The molecular weight excluding hydrogens is 262 g/mol. The molecule has 2 aromatic rings. The van der Waals surface area contributed by atoms with Gasteiger partial charge in [-0.1, -0.05) is 5.16 Å². The van der Waals surface area contributed by atoms with Crippen LogP contribution in [0, 0.1) is 6.92 Å². The molecule has 0 aromatic carbocycles.